The van der Waals surface area contributed by atoms with Crippen molar-refractivity contribution >= 4 is 16.8 Å². The summed E-state index contributed by atoms with van der Waals surface area (Å²) in [5, 5.41) is 5.98. The number of hydrogen-bond donors (Lipinski definition) is 2. The van der Waals surface area contributed by atoms with E-state index in [0.29, 0.717) is 13.1 Å². The molecule has 1 aromatic rings. The molecular formula is C18H28N2O2S. The van der Waals surface area contributed by atoms with E-state index in [1.54, 1.807) is 6.26 Å². The summed E-state index contributed by atoms with van der Waals surface area (Å²) in [6.45, 7) is 5.37. The van der Waals surface area contributed by atoms with Crippen molar-refractivity contribution in [3.8, 4) is 0 Å². The van der Waals surface area contributed by atoms with Crippen LogP contribution in [0.1, 0.15) is 44.2 Å². The standard InChI is InChI=1S/C18H28N2O2S/c1-14(23(3)22)10-12-19-17(21)20-13-18(2)11-6-8-15-7-4-5-9-16(15)18/h4-5,7,9,14H,6,8,10-13H2,1-3H3,(H2,19,20,21)/t14-,18+,23+/m1/s1. The maximum atomic E-state index is 12.0. The van der Waals surface area contributed by atoms with Gasteiger partial charge in [0.25, 0.3) is 0 Å². The summed E-state index contributed by atoms with van der Waals surface area (Å²) in [6.07, 6.45) is 5.82. The van der Waals surface area contributed by atoms with Gasteiger partial charge in [0.2, 0.25) is 0 Å². The summed E-state index contributed by atoms with van der Waals surface area (Å²) in [4.78, 5) is 12.0. The van der Waals surface area contributed by atoms with Crippen LogP contribution in [0.25, 0.3) is 0 Å². The molecule has 23 heavy (non-hydrogen) atoms. The summed E-state index contributed by atoms with van der Waals surface area (Å²) < 4.78 is 11.3. The summed E-state index contributed by atoms with van der Waals surface area (Å²) in [6, 6.07) is 8.41. The molecule has 4 nitrogen and oxygen atoms in total. The average Bonchev–Trinajstić information content (AvgIpc) is 2.53. The van der Waals surface area contributed by atoms with E-state index in [1.807, 2.05) is 6.92 Å². The highest BCUT2D eigenvalue weighted by Crippen LogP contribution is 2.36. The minimum atomic E-state index is -0.836. The molecule has 1 aliphatic rings. The molecule has 2 N–H and O–H groups in total. The third-order valence-electron chi connectivity index (χ3n) is 4.88. The van der Waals surface area contributed by atoms with Crippen molar-refractivity contribution < 1.29 is 9.00 Å². The van der Waals surface area contributed by atoms with Gasteiger partial charge >= 0.3 is 6.03 Å². The molecule has 0 unspecified atom stereocenters. The second kappa shape index (κ2) is 7.95. The Labute approximate surface area is 141 Å². The molecule has 1 aromatic carbocycles. The highest BCUT2D eigenvalue weighted by molar-refractivity contribution is 7.84. The molecule has 0 aromatic heterocycles. The molecule has 0 aliphatic heterocycles. The van der Waals surface area contributed by atoms with Gasteiger partial charge in [-0.1, -0.05) is 38.1 Å². The lowest BCUT2D eigenvalue weighted by Crippen LogP contribution is -2.45. The Morgan fingerprint density at radius 2 is 2.09 bits per heavy atom. The normalized spacial score (nSPS) is 22.7. The predicted molar refractivity (Wildman–Crippen MR) is 96.3 cm³/mol. The summed E-state index contributed by atoms with van der Waals surface area (Å²) in [7, 11) is -0.836. The maximum absolute atomic E-state index is 12.0. The van der Waals surface area contributed by atoms with Crippen molar-refractivity contribution in [2.24, 2.45) is 0 Å². The highest BCUT2D eigenvalue weighted by Gasteiger charge is 2.31. The number of benzene rings is 1. The van der Waals surface area contributed by atoms with Crippen LogP contribution < -0.4 is 10.6 Å². The van der Waals surface area contributed by atoms with Crippen LogP contribution in [0.15, 0.2) is 24.3 Å². The van der Waals surface area contributed by atoms with Gasteiger partial charge in [0, 0.05) is 40.8 Å². The van der Waals surface area contributed by atoms with Gasteiger partial charge in [-0.25, -0.2) is 4.79 Å². The van der Waals surface area contributed by atoms with Crippen LogP contribution in [0.2, 0.25) is 0 Å². The minimum Gasteiger partial charge on any atom is -0.338 e. The van der Waals surface area contributed by atoms with E-state index >= 15 is 0 Å². The van der Waals surface area contributed by atoms with Crippen LogP contribution in [0, 0.1) is 0 Å². The van der Waals surface area contributed by atoms with E-state index in [9.17, 15) is 9.00 Å². The van der Waals surface area contributed by atoms with Crippen LogP contribution in [0.4, 0.5) is 4.79 Å². The zero-order chi connectivity index (χ0) is 16.9. The summed E-state index contributed by atoms with van der Waals surface area (Å²) >= 11 is 0. The van der Waals surface area contributed by atoms with Crippen molar-refractivity contribution in [2.45, 2.75) is 50.2 Å². The molecule has 0 bridgehead atoms. The first-order valence-corrected chi connectivity index (χ1v) is 9.97. The second-order valence-electron chi connectivity index (χ2n) is 6.78. The maximum Gasteiger partial charge on any atom is 0.314 e. The Hall–Kier alpha value is -1.36. The Morgan fingerprint density at radius 3 is 2.83 bits per heavy atom. The van der Waals surface area contributed by atoms with Gasteiger partial charge < -0.3 is 10.6 Å². The Morgan fingerprint density at radius 1 is 1.35 bits per heavy atom. The fourth-order valence-electron chi connectivity index (χ4n) is 3.21. The molecule has 2 rings (SSSR count). The van der Waals surface area contributed by atoms with E-state index in [-0.39, 0.29) is 16.7 Å². The first-order chi connectivity index (χ1) is 10.9. The van der Waals surface area contributed by atoms with Crippen LogP contribution >= 0.6 is 0 Å². The number of amides is 2. The van der Waals surface area contributed by atoms with Crippen LogP contribution in [-0.4, -0.2) is 34.8 Å². The van der Waals surface area contributed by atoms with Gasteiger partial charge in [-0.15, -0.1) is 0 Å². The monoisotopic (exact) mass is 336 g/mol. The average molecular weight is 337 g/mol. The van der Waals surface area contributed by atoms with Crippen molar-refractivity contribution in [1.82, 2.24) is 10.6 Å². The number of hydrogen-bond acceptors (Lipinski definition) is 2. The third-order valence-corrected chi connectivity index (χ3v) is 6.25. The van der Waals surface area contributed by atoms with Crippen LogP contribution in [0.3, 0.4) is 0 Å². The lowest BCUT2D eigenvalue weighted by atomic mass is 9.71. The molecule has 5 heteroatoms. The van der Waals surface area contributed by atoms with Crippen LogP contribution in [0.5, 0.6) is 0 Å². The molecule has 0 spiro atoms. The number of fused-ring (bicyclic) bond motifs is 1. The Bertz CT molecular complexity index is 576. The number of nitrogens with one attached hydrogen (secondary N) is 2. The first kappa shape index (κ1) is 18.0. The molecule has 2 amide bonds. The molecule has 0 saturated carbocycles. The number of carbonyl (C=O) groups is 1. The Kier molecular flexibility index (Phi) is 6.22. The van der Waals surface area contributed by atoms with E-state index in [4.69, 9.17) is 0 Å². The predicted octanol–water partition coefficient (Wildman–Crippen LogP) is 2.74. The molecule has 128 valence electrons. The van der Waals surface area contributed by atoms with Gasteiger partial charge in [0.15, 0.2) is 0 Å². The minimum absolute atomic E-state index is 0.00436. The topological polar surface area (TPSA) is 58.2 Å². The van der Waals surface area contributed by atoms with Crippen molar-refractivity contribution in [2.75, 3.05) is 19.3 Å². The van der Waals surface area contributed by atoms with Gasteiger partial charge in [-0.3, -0.25) is 4.21 Å². The molecule has 0 saturated heterocycles. The molecule has 0 heterocycles. The SMILES string of the molecule is C[C@H](CCNC(=O)NC[C@]1(C)CCCc2ccccc21)[S@](C)=O. The van der Waals surface area contributed by atoms with Crippen molar-refractivity contribution in [3.63, 3.8) is 0 Å². The molecule has 0 radical (unpaired) electrons. The lowest BCUT2D eigenvalue weighted by molar-refractivity contribution is 0.236. The number of rotatable bonds is 6. The number of aryl methyl sites for hydroxylation is 1. The fourth-order valence-corrected chi connectivity index (χ4v) is 3.66. The van der Waals surface area contributed by atoms with E-state index < -0.39 is 10.8 Å². The van der Waals surface area contributed by atoms with E-state index in [1.165, 1.54) is 11.1 Å². The van der Waals surface area contributed by atoms with Crippen molar-refractivity contribution in [1.29, 1.82) is 0 Å². The lowest BCUT2D eigenvalue weighted by Gasteiger charge is -2.36. The largest absolute Gasteiger partial charge is 0.338 e. The smallest absolute Gasteiger partial charge is 0.314 e. The zero-order valence-corrected chi connectivity index (χ0v) is 15.2. The molecule has 0 fully saturated rings. The zero-order valence-electron chi connectivity index (χ0n) is 14.4. The highest BCUT2D eigenvalue weighted by atomic mass is 32.2. The number of urea groups is 1. The van der Waals surface area contributed by atoms with Crippen LogP contribution in [-0.2, 0) is 22.6 Å². The second-order valence-corrected chi connectivity index (χ2v) is 8.58. The van der Waals surface area contributed by atoms with Crippen molar-refractivity contribution in [3.05, 3.63) is 35.4 Å². The quantitative estimate of drug-likeness (QED) is 0.839. The van der Waals surface area contributed by atoms with E-state index in [2.05, 4.69) is 41.8 Å². The van der Waals surface area contributed by atoms with Gasteiger partial charge in [0.1, 0.15) is 0 Å². The van der Waals surface area contributed by atoms with Gasteiger partial charge in [-0.2, -0.15) is 0 Å². The fraction of sp³-hybridized carbons (Fsp3) is 0.611. The van der Waals surface area contributed by atoms with Gasteiger partial charge in [0.05, 0.1) is 0 Å². The molecule has 3 atom stereocenters. The number of carbonyl (C=O) groups excluding carboxylic acids is 1. The van der Waals surface area contributed by atoms with E-state index in [0.717, 1.165) is 25.7 Å². The molecular weight excluding hydrogens is 308 g/mol. The summed E-state index contributed by atoms with van der Waals surface area (Å²) in [5.74, 6) is 0. The Balaban J connectivity index is 1.84. The first-order valence-electron chi connectivity index (χ1n) is 8.35. The summed E-state index contributed by atoms with van der Waals surface area (Å²) in [5.41, 5.74) is 2.77. The van der Waals surface area contributed by atoms with Gasteiger partial charge in [-0.05, 0) is 36.8 Å². The third kappa shape index (κ3) is 4.80. The molecule has 1 aliphatic carbocycles.